The summed E-state index contributed by atoms with van der Waals surface area (Å²) in [6.45, 7) is 3.07. The molecule has 1 aromatic carbocycles. The van der Waals surface area contributed by atoms with Crippen LogP contribution in [0.5, 0.6) is 0 Å². The predicted octanol–water partition coefficient (Wildman–Crippen LogP) is 1.08. The molecule has 0 atom stereocenters. The Balaban J connectivity index is 2.34. The average molecular weight is 205 g/mol. The van der Waals surface area contributed by atoms with E-state index in [-0.39, 0.29) is 12.5 Å². The maximum Gasteiger partial charge on any atom is 0.219 e. The first-order valence-electron chi connectivity index (χ1n) is 5.18. The van der Waals surface area contributed by atoms with E-state index in [1.165, 1.54) is 5.56 Å². The Hall–Kier alpha value is -1.35. The summed E-state index contributed by atoms with van der Waals surface area (Å²) in [5.41, 5.74) is 3.33. The third-order valence-electron chi connectivity index (χ3n) is 2.99. The molecule has 1 aromatic rings. The van der Waals surface area contributed by atoms with Crippen LogP contribution in [0.2, 0.25) is 0 Å². The van der Waals surface area contributed by atoms with Gasteiger partial charge in [-0.25, -0.2) is 0 Å². The van der Waals surface area contributed by atoms with Crippen LogP contribution < -0.4 is 0 Å². The van der Waals surface area contributed by atoms with E-state index in [9.17, 15) is 9.90 Å². The SMILES string of the molecule is CC(=O)N1CCc2cccc(CO)c2C1. The highest BCUT2D eigenvalue weighted by Crippen LogP contribution is 2.22. The molecule has 0 aromatic heterocycles. The topological polar surface area (TPSA) is 40.5 Å². The lowest BCUT2D eigenvalue weighted by molar-refractivity contribution is -0.129. The van der Waals surface area contributed by atoms with Crippen LogP contribution in [0, 0.1) is 0 Å². The summed E-state index contributed by atoms with van der Waals surface area (Å²) in [4.78, 5) is 13.1. The van der Waals surface area contributed by atoms with Crippen molar-refractivity contribution in [3.63, 3.8) is 0 Å². The van der Waals surface area contributed by atoms with Crippen molar-refractivity contribution in [2.75, 3.05) is 6.54 Å². The summed E-state index contributed by atoms with van der Waals surface area (Å²) in [7, 11) is 0. The van der Waals surface area contributed by atoms with Crippen molar-refractivity contribution in [1.29, 1.82) is 0 Å². The number of hydrogen-bond acceptors (Lipinski definition) is 2. The van der Waals surface area contributed by atoms with Gasteiger partial charge in [-0.3, -0.25) is 4.79 Å². The van der Waals surface area contributed by atoms with Crippen molar-refractivity contribution in [3.8, 4) is 0 Å². The van der Waals surface area contributed by atoms with E-state index >= 15 is 0 Å². The van der Waals surface area contributed by atoms with Crippen LogP contribution in [0.3, 0.4) is 0 Å². The van der Waals surface area contributed by atoms with Gasteiger partial charge in [0, 0.05) is 20.0 Å². The maximum absolute atomic E-state index is 11.3. The molecule has 3 nitrogen and oxygen atoms in total. The molecule has 80 valence electrons. The number of aliphatic hydroxyl groups is 1. The molecule has 1 N–H and O–H groups in total. The quantitative estimate of drug-likeness (QED) is 0.745. The molecule has 1 aliphatic heterocycles. The number of aliphatic hydroxyl groups excluding tert-OH is 1. The first-order valence-corrected chi connectivity index (χ1v) is 5.18. The number of rotatable bonds is 1. The van der Waals surface area contributed by atoms with E-state index < -0.39 is 0 Å². The minimum absolute atomic E-state index is 0.0505. The van der Waals surface area contributed by atoms with Crippen LogP contribution in [-0.2, 0) is 24.4 Å². The van der Waals surface area contributed by atoms with Crippen molar-refractivity contribution >= 4 is 5.91 Å². The zero-order valence-electron chi connectivity index (χ0n) is 8.86. The van der Waals surface area contributed by atoms with Gasteiger partial charge >= 0.3 is 0 Å². The molecule has 1 aliphatic rings. The largest absolute Gasteiger partial charge is 0.392 e. The van der Waals surface area contributed by atoms with Gasteiger partial charge < -0.3 is 10.0 Å². The van der Waals surface area contributed by atoms with Crippen LogP contribution in [0.1, 0.15) is 23.6 Å². The Labute approximate surface area is 89.3 Å². The fraction of sp³-hybridized carbons (Fsp3) is 0.417. The molecule has 0 aliphatic carbocycles. The Bertz CT molecular complexity index is 373. The second-order valence-corrected chi connectivity index (χ2v) is 3.90. The Morgan fingerprint density at radius 3 is 3.00 bits per heavy atom. The number of carbonyl (C=O) groups is 1. The van der Waals surface area contributed by atoms with Crippen molar-refractivity contribution in [1.82, 2.24) is 4.90 Å². The molecule has 0 spiro atoms. The molecule has 2 rings (SSSR count). The molecule has 1 amide bonds. The molecule has 3 heteroatoms. The second kappa shape index (κ2) is 4.03. The number of fused-ring (bicyclic) bond motifs is 1. The Kier molecular flexibility index (Phi) is 2.73. The minimum atomic E-state index is 0.0505. The molecule has 15 heavy (non-hydrogen) atoms. The summed E-state index contributed by atoms with van der Waals surface area (Å²) in [6.07, 6.45) is 0.892. The molecule has 0 unspecified atom stereocenters. The first kappa shape index (κ1) is 10.2. The van der Waals surface area contributed by atoms with Gasteiger partial charge in [-0.05, 0) is 23.1 Å². The van der Waals surface area contributed by atoms with E-state index in [0.29, 0.717) is 6.54 Å². The molecule has 1 heterocycles. The van der Waals surface area contributed by atoms with Crippen LogP contribution in [0.25, 0.3) is 0 Å². The fourth-order valence-corrected chi connectivity index (χ4v) is 2.07. The summed E-state index contributed by atoms with van der Waals surface area (Å²) in [5, 5.41) is 9.22. The number of nitrogens with zero attached hydrogens (tertiary/aromatic N) is 1. The van der Waals surface area contributed by atoms with Crippen LogP contribution in [0.4, 0.5) is 0 Å². The molecule has 0 fully saturated rings. The highest BCUT2D eigenvalue weighted by Gasteiger charge is 2.19. The predicted molar refractivity (Wildman–Crippen MR) is 57.2 cm³/mol. The molecule has 0 radical (unpaired) electrons. The zero-order chi connectivity index (χ0) is 10.8. The highest BCUT2D eigenvalue weighted by atomic mass is 16.3. The van der Waals surface area contributed by atoms with Gasteiger partial charge in [0.1, 0.15) is 0 Å². The van der Waals surface area contributed by atoms with Crippen LogP contribution in [-0.4, -0.2) is 22.5 Å². The lowest BCUT2D eigenvalue weighted by atomic mass is 9.95. The monoisotopic (exact) mass is 205 g/mol. The Morgan fingerprint density at radius 1 is 1.53 bits per heavy atom. The molecular formula is C12H15NO2. The third kappa shape index (κ3) is 1.88. The summed E-state index contributed by atoms with van der Waals surface area (Å²) >= 11 is 0. The number of amides is 1. The molecule has 0 saturated heterocycles. The summed E-state index contributed by atoms with van der Waals surface area (Å²) in [5.74, 6) is 0.105. The fourth-order valence-electron chi connectivity index (χ4n) is 2.07. The number of benzene rings is 1. The van der Waals surface area contributed by atoms with Crippen molar-refractivity contribution in [3.05, 3.63) is 34.9 Å². The zero-order valence-corrected chi connectivity index (χ0v) is 8.86. The smallest absolute Gasteiger partial charge is 0.219 e. The van der Waals surface area contributed by atoms with Gasteiger partial charge in [-0.2, -0.15) is 0 Å². The maximum atomic E-state index is 11.3. The second-order valence-electron chi connectivity index (χ2n) is 3.90. The normalized spacial score (nSPS) is 14.9. The minimum Gasteiger partial charge on any atom is -0.392 e. The van der Waals surface area contributed by atoms with Crippen molar-refractivity contribution < 1.29 is 9.90 Å². The third-order valence-corrected chi connectivity index (χ3v) is 2.99. The van der Waals surface area contributed by atoms with Gasteiger partial charge in [-0.1, -0.05) is 18.2 Å². The van der Waals surface area contributed by atoms with E-state index in [0.717, 1.165) is 24.1 Å². The molecular weight excluding hydrogens is 190 g/mol. The van der Waals surface area contributed by atoms with E-state index in [1.54, 1.807) is 6.92 Å². The highest BCUT2D eigenvalue weighted by molar-refractivity contribution is 5.73. The van der Waals surface area contributed by atoms with E-state index in [2.05, 4.69) is 6.07 Å². The lowest BCUT2D eigenvalue weighted by Crippen LogP contribution is -2.34. The lowest BCUT2D eigenvalue weighted by Gasteiger charge is -2.29. The Morgan fingerprint density at radius 2 is 2.33 bits per heavy atom. The summed E-state index contributed by atoms with van der Waals surface area (Å²) < 4.78 is 0. The van der Waals surface area contributed by atoms with Crippen molar-refractivity contribution in [2.45, 2.75) is 26.5 Å². The summed E-state index contributed by atoms with van der Waals surface area (Å²) in [6, 6.07) is 5.96. The van der Waals surface area contributed by atoms with Gasteiger partial charge in [0.25, 0.3) is 0 Å². The number of carbonyl (C=O) groups excluding carboxylic acids is 1. The molecule has 0 saturated carbocycles. The molecule has 0 bridgehead atoms. The van der Waals surface area contributed by atoms with Gasteiger partial charge in [0.15, 0.2) is 0 Å². The van der Waals surface area contributed by atoms with E-state index in [1.807, 2.05) is 17.0 Å². The van der Waals surface area contributed by atoms with Gasteiger partial charge in [0.2, 0.25) is 5.91 Å². The van der Waals surface area contributed by atoms with Gasteiger partial charge in [0.05, 0.1) is 6.61 Å². The van der Waals surface area contributed by atoms with Crippen molar-refractivity contribution in [2.24, 2.45) is 0 Å². The first-order chi connectivity index (χ1) is 7.22. The standard InChI is InChI=1S/C12H15NO2/c1-9(15)13-6-5-10-3-2-4-11(8-14)12(10)7-13/h2-4,14H,5-8H2,1H3. The van der Waals surface area contributed by atoms with E-state index in [4.69, 9.17) is 0 Å². The van der Waals surface area contributed by atoms with Crippen LogP contribution >= 0.6 is 0 Å². The van der Waals surface area contributed by atoms with Gasteiger partial charge in [-0.15, -0.1) is 0 Å². The van der Waals surface area contributed by atoms with Crippen LogP contribution in [0.15, 0.2) is 18.2 Å². The average Bonchev–Trinajstić information content (AvgIpc) is 2.27. The number of hydrogen-bond donors (Lipinski definition) is 1.